The Balaban J connectivity index is 1.54. The lowest BCUT2D eigenvalue weighted by atomic mass is 9.95. The Hall–Kier alpha value is -4.06. The Morgan fingerprint density at radius 1 is 0.917 bits per heavy atom. The molecule has 9 nitrogen and oxygen atoms in total. The third-order valence-corrected chi connectivity index (χ3v) is 10.1. The fourth-order valence-electron chi connectivity index (χ4n) is 5.07. The van der Waals surface area contributed by atoms with Gasteiger partial charge in [-0.25, -0.2) is 0 Å². The number of benzene rings is 3. The van der Waals surface area contributed by atoms with Crippen LogP contribution in [0.3, 0.4) is 0 Å². The van der Waals surface area contributed by atoms with Crippen LogP contribution in [-0.2, 0) is 15.3 Å². The average molecular weight is 708 g/mol. The van der Waals surface area contributed by atoms with E-state index in [1.54, 1.807) is 42.5 Å². The van der Waals surface area contributed by atoms with Gasteiger partial charge < -0.3 is 19.3 Å². The summed E-state index contributed by atoms with van der Waals surface area (Å²) >= 11 is 8.96. The van der Waals surface area contributed by atoms with E-state index >= 15 is 0 Å². The third-order valence-electron chi connectivity index (χ3n) is 7.59. The second-order valence-corrected chi connectivity index (χ2v) is 13.6. The van der Waals surface area contributed by atoms with E-state index in [1.165, 1.54) is 28.0 Å². The number of anilines is 1. The first kappa shape index (κ1) is 35.3. The van der Waals surface area contributed by atoms with Crippen molar-refractivity contribution in [2.75, 3.05) is 24.7 Å². The van der Waals surface area contributed by atoms with E-state index in [4.69, 9.17) is 25.8 Å². The monoisotopic (exact) mass is 707 g/mol. The van der Waals surface area contributed by atoms with Crippen molar-refractivity contribution in [2.45, 2.75) is 62.6 Å². The van der Waals surface area contributed by atoms with E-state index in [9.17, 15) is 14.7 Å². The number of unbranched alkanes of at least 4 members (excludes halogenated alkanes) is 2. The first-order chi connectivity index (χ1) is 23.4. The first-order valence-corrected chi connectivity index (χ1v) is 18.2. The summed E-state index contributed by atoms with van der Waals surface area (Å²) in [6, 6.07) is 18.6. The van der Waals surface area contributed by atoms with E-state index in [1.807, 2.05) is 31.2 Å². The zero-order valence-electron chi connectivity index (χ0n) is 27.1. The number of halogens is 1. The molecule has 3 aromatic carbocycles. The van der Waals surface area contributed by atoms with Crippen molar-refractivity contribution >= 4 is 57.3 Å². The maximum Gasteiger partial charge on any atom is 0.301 e. The van der Waals surface area contributed by atoms with Crippen molar-refractivity contribution in [2.24, 2.45) is 0 Å². The molecule has 1 aliphatic rings. The molecule has 1 saturated heterocycles. The number of aliphatic hydroxyl groups is 1. The number of Topliss-reactive ketones (excluding diaryl/α,β-unsaturated/α-hetero) is 1. The minimum absolute atomic E-state index is 0.0674. The lowest BCUT2D eigenvalue weighted by molar-refractivity contribution is -0.132. The SMILES string of the molecule is CCCCOc1ccc(C(O)=C2C(=O)C(=O)N(c3nnc(SCc4ccccc4Cl)s3)[C@@H]2c2ccc(OCCCC)c(OCC)c2)cc1. The maximum absolute atomic E-state index is 13.8. The highest BCUT2D eigenvalue weighted by molar-refractivity contribution is 8.00. The first-order valence-electron chi connectivity index (χ1n) is 16.0. The predicted molar refractivity (Wildman–Crippen MR) is 191 cm³/mol. The molecule has 0 bridgehead atoms. The molecule has 252 valence electrons. The number of ether oxygens (including phenoxy) is 3. The number of ketones is 1. The van der Waals surface area contributed by atoms with Gasteiger partial charge in [0.15, 0.2) is 15.8 Å². The Bertz CT molecular complexity index is 1760. The molecule has 1 fully saturated rings. The van der Waals surface area contributed by atoms with Gasteiger partial charge in [0.05, 0.1) is 31.4 Å². The van der Waals surface area contributed by atoms with Crippen LogP contribution in [0.15, 0.2) is 76.6 Å². The number of rotatable bonds is 16. The lowest BCUT2D eigenvalue weighted by Gasteiger charge is -2.23. The van der Waals surface area contributed by atoms with Crippen LogP contribution in [0, 0.1) is 0 Å². The molecule has 0 saturated carbocycles. The highest BCUT2D eigenvalue weighted by Gasteiger charge is 2.48. The topological polar surface area (TPSA) is 111 Å². The van der Waals surface area contributed by atoms with Gasteiger partial charge in [0.2, 0.25) is 5.13 Å². The fourth-order valence-corrected chi connectivity index (χ4v) is 7.22. The highest BCUT2D eigenvalue weighted by atomic mass is 35.5. The summed E-state index contributed by atoms with van der Waals surface area (Å²) in [6.45, 7) is 7.51. The molecule has 2 heterocycles. The van der Waals surface area contributed by atoms with Crippen molar-refractivity contribution in [3.63, 3.8) is 0 Å². The molecule has 5 rings (SSSR count). The summed E-state index contributed by atoms with van der Waals surface area (Å²) < 4.78 is 18.3. The summed E-state index contributed by atoms with van der Waals surface area (Å²) in [6.07, 6.45) is 3.78. The van der Waals surface area contributed by atoms with E-state index < -0.39 is 17.7 Å². The van der Waals surface area contributed by atoms with Crippen LogP contribution in [0.1, 0.15) is 69.2 Å². The summed E-state index contributed by atoms with van der Waals surface area (Å²) in [4.78, 5) is 28.9. The van der Waals surface area contributed by atoms with Crippen LogP contribution in [0.4, 0.5) is 5.13 Å². The maximum atomic E-state index is 13.8. The van der Waals surface area contributed by atoms with Crippen molar-refractivity contribution in [1.82, 2.24) is 10.2 Å². The van der Waals surface area contributed by atoms with Crippen LogP contribution in [0.5, 0.6) is 17.2 Å². The number of carbonyl (C=O) groups is 2. The zero-order valence-corrected chi connectivity index (χ0v) is 29.5. The molecule has 0 radical (unpaired) electrons. The summed E-state index contributed by atoms with van der Waals surface area (Å²) in [5.41, 5.74) is 1.79. The van der Waals surface area contributed by atoms with E-state index in [2.05, 4.69) is 24.0 Å². The van der Waals surface area contributed by atoms with Gasteiger partial charge in [0.25, 0.3) is 5.78 Å². The third kappa shape index (κ3) is 8.14. The van der Waals surface area contributed by atoms with Crippen LogP contribution in [0.2, 0.25) is 5.02 Å². The molecular formula is C36H38ClN3O6S2. The van der Waals surface area contributed by atoms with Gasteiger partial charge in [0.1, 0.15) is 11.5 Å². The fraction of sp³-hybridized carbons (Fsp3) is 0.333. The number of thioether (sulfide) groups is 1. The summed E-state index contributed by atoms with van der Waals surface area (Å²) in [7, 11) is 0. The molecule has 0 aliphatic carbocycles. The van der Waals surface area contributed by atoms with Gasteiger partial charge in [-0.15, -0.1) is 10.2 Å². The number of hydrogen-bond acceptors (Lipinski definition) is 10. The van der Waals surface area contributed by atoms with Crippen molar-refractivity contribution in [3.05, 3.63) is 94.0 Å². The average Bonchev–Trinajstić information content (AvgIpc) is 3.66. The molecule has 1 N–H and O–H groups in total. The van der Waals surface area contributed by atoms with Gasteiger partial charge in [-0.2, -0.15) is 0 Å². The number of aliphatic hydroxyl groups excluding tert-OH is 1. The lowest BCUT2D eigenvalue weighted by Crippen LogP contribution is -2.29. The van der Waals surface area contributed by atoms with Gasteiger partial charge in [-0.1, -0.05) is 85.7 Å². The second kappa shape index (κ2) is 16.9. The largest absolute Gasteiger partial charge is 0.507 e. The molecule has 1 aromatic heterocycles. The normalized spacial score (nSPS) is 15.6. The van der Waals surface area contributed by atoms with Crippen LogP contribution in [-0.4, -0.2) is 46.8 Å². The van der Waals surface area contributed by atoms with Gasteiger partial charge >= 0.3 is 5.91 Å². The van der Waals surface area contributed by atoms with Crippen LogP contribution in [0.25, 0.3) is 5.76 Å². The van der Waals surface area contributed by atoms with Gasteiger partial charge in [-0.05, 0) is 73.4 Å². The molecule has 12 heteroatoms. The molecule has 0 spiro atoms. The molecule has 1 atom stereocenters. The highest BCUT2D eigenvalue weighted by Crippen LogP contribution is 2.46. The minimum atomic E-state index is -1.01. The number of carbonyl (C=O) groups excluding carboxylic acids is 2. The van der Waals surface area contributed by atoms with E-state index in [0.29, 0.717) is 63.3 Å². The number of nitrogens with zero attached hydrogens (tertiary/aromatic N) is 3. The molecule has 1 amide bonds. The van der Waals surface area contributed by atoms with Crippen LogP contribution < -0.4 is 19.1 Å². The Kier molecular flexibility index (Phi) is 12.4. The number of amides is 1. The molecule has 48 heavy (non-hydrogen) atoms. The van der Waals surface area contributed by atoms with Crippen molar-refractivity contribution in [3.8, 4) is 17.2 Å². The molecule has 1 aliphatic heterocycles. The number of hydrogen-bond donors (Lipinski definition) is 1. The second-order valence-electron chi connectivity index (χ2n) is 11.0. The zero-order chi connectivity index (χ0) is 34.0. The summed E-state index contributed by atoms with van der Waals surface area (Å²) in [5, 5.41) is 21.2. The van der Waals surface area contributed by atoms with Crippen molar-refractivity contribution < 1.29 is 28.9 Å². The Labute approximate surface area is 293 Å². The molecular weight excluding hydrogens is 670 g/mol. The van der Waals surface area contributed by atoms with Crippen LogP contribution >= 0.6 is 34.7 Å². The predicted octanol–water partition coefficient (Wildman–Crippen LogP) is 8.87. The van der Waals surface area contributed by atoms with E-state index in [0.717, 1.165) is 31.2 Å². The van der Waals surface area contributed by atoms with Gasteiger partial charge in [-0.3, -0.25) is 14.5 Å². The van der Waals surface area contributed by atoms with Crippen molar-refractivity contribution in [1.29, 1.82) is 0 Å². The minimum Gasteiger partial charge on any atom is -0.507 e. The Morgan fingerprint density at radius 2 is 1.65 bits per heavy atom. The van der Waals surface area contributed by atoms with E-state index in [-0.39, 0.29) is 16.5 Å². The Morgan fingerprint density at radius 3 is 2.35 bits per heavy atom. The standard InChI is InChI=1S/C36H38ClN3O6S2/c1-4-7-19-45-26-16-13-23(14-17-26)32(41)30-31(24-15-18-28(46-20-8-5-2)29(21-24)44-6-3)40(34(43)33(30)42)35-38-39-36(48-35)47-22-25-11-9-10-12-27(25)37/h9-18,21,31,41H,4-8,19-20,22H2,1-3H3/t31-/m1/s1. The quantitative estimate of drug-likeness (QED) is 0.0305. The molecule has 4 aromatic rings. The molecule has 0 unspecified atom stereocenters. The summed E-state index contributed by atoms with van der Waals surface area (Å²) in [5.74, 6) is 0.264. The smallest absolute Gasteiger partial charge is 0.301 e. The number of aromatic nitrogens is 2. The van der Waals surface area contributed by atoms with Gasteiger partial charge in [0, 0.05) is 16.3 Å².